The minimum atomic E-state index is -1.71. The Hall–Kier alpha value is -5.92. The van der Waals surface area contributed by atoms with Crippen molar-refractivity contribution < 1.29 is 38.7 Å². The number of carbonyl (C=O) groups is 4. The van der Waals surface area contributed by atoms with Crippen LogP contribution in [0.2, 0.25) is 10.0 Å². The minimum absolute atomic E-state index is 0.0274. The Morgan fingerprint density at radius 1 is 0.946 bits per heavy atom. The highest BCUT2D eigenvalue weighted by Gasteiger charge is 2.70. The molecule has 4 aromatic rings. The minimum Gasteiger partial charge on any atom is -0.504 e. The number of halogens is 2. The number of methoxy groups -OCH3 is 1. The molecule has 2 aliphatic carbocycles. The molecule has 15 heteroatoms. The molecule has 0 radical (unpaired) electrons. The van der Waals surface area contributed by atoms with Crippen molar-refractivity contribution in [2.45, 2.75) is 31.1 Å². The van der Waals surface area contributed by atoms with E-state index in [2.05, 4.69) is 5.43 Å². The summed E-state index contributed by atoms with van der Waals surface area (Å²) in [6.45, 7) is 1.99. The zero-order valence-electron chi connectivity index (χ0n) is 30.0. The summed E-state index contributed by atoms with van der Waals surface area (Å²) in [6.07, 6.45) is 1.92. The van der Waals surface area contributed by atoms with Gasteiger partial charge < -0.3 is 14.6 Å². The highest BCUT2D eigenvalue weighted by atomic mass is 35.5. The third kappa shape index (κ3) is 5.51. The highest BCUT2D eigenvalue weighted by Crippen LogP contribution is 2.65. The van der Waals surface area contributed by atoms with Gasteiger partial charge in [0.05, 0.1) is 58.2 Å². The van der Waals surface area contributed by atoms with Gasteiger partial charge in [0.25, 0.3) is 17.5 Å². The molecule has 2 aliphatic heterocycles. The summed E-state index contributed by atoms with van der Waals surface area (Å²) in [5.74, 6) is -6.70. The third-order valence-electron chi connectivity index (χ3n) is 11.5. The van der Waals surface area contributed by atoms with Crippen LogP contribution in [0.4, 0.5) is 17.1 Å². The number of hydrazine groups is 1. The number of amides is 4. The molecule has 0 unspecified atom stereocenters. The van der Waals surface area contributed by atoms with Crippen LogP contribution < -0.4 is 19.8 Å². The summed E-state index contributed by atoms with van der Waals surface area (Å²) >= 11 is 12.7. The van der Waals surface area contributed by atoms with Crippen molar-refractivity contribution in [3.63, 3.8) is 0 Å². The summed E-state index contributed by atoms with van der Waals surface area (Å²) < 4.78 is 11.3. The first-order valence-electron chi connectivity index (χ1n) is 17.9. The van der Waals surface area contributed by atoms with Crippen LogP contribution in [0, 0.1) is 33.8 Å². The summed E-state index contributed by atoms with van der Waals surface area (Å²) in [5, 5.41) is 25.0. The van der Waals surface area contributed by atoms with Crippen molar-refractivity contribution in [3.8, 4) is 17.2 Å². The molecule has 3 fully saturated rings. The molecule has 8 rings (SSSR count). The molecule has 0 bridgehead atoms. The fourth-order valence-corrected chi connectivity index (χ4v) is 9.68. The lowest BCUT2D eigenvalue weighted by Gasteiger charge is -2.50. The van der Waals surface area contributed by atoms with Gasteiger partial charge in [-0.1, -0.05) is 65.2 Å². The van der Waals surface area contributed by atoms with Gasteiger partial charge in [0, 0.05) is 28.6 Å². The van der Waals surface area contributed by atoms with E-state index in [1.165, 1.54) is 37.4 Å². The first-order valence-corrected chi connectivity index (χ1v) is 18.7. The van der Waals surface area contributed by atoms with E-state index >= 15 is 4.79 Å². The SMILES string of the molecule is CCOc1cccc([C@H]2C3=CC[C@@H]4C(=O)N(c5cccc([N+](=O)[O-])c5)C(=O)[C@@H]4[C@@H]3C[C@H]3C(=O)N(Nc4ccc(Cl)cc4Cl)C(=O)[C@@]23c2ccc(OC)cc2)c1O. The van der Waals surface area contributed by atoms with Crippen LogP contribution in [0.15, 0.2) is 96.6 Å². The highest BCUT2D eigenvalue weighted by molar-refractivity contribution is 6.36. The molecule has 2 saturated heterocycles. The van der Waals surface area contributed by atoms with Gasteiger partial charge in [-0.25, -0.2) is 4.90 Å². The predicted octanol–water partition coefficient (Wildman–Crippen LogP) is 7.20. The molecule has 6 atom stereocenters. The van der Waals surface area contributed by atoms with E-state index in [1.54, 1.807) is 61.5 Å². The average molecular weight is 798 g/mol. The number of hydrogen-bond donors (Lipinski definition) is 2. The van der Waals surface area contributed by atoms with E-state index in [-0.39, 0.29) is 58.6 Å². The molecule has 4 aromatic carbocycles. The van der Waals surface area contributed by atoms with Gasteiger partial charge in [-0.05, 0) is 73.7 Å². The first-order chi connectivity index (χ1) is 26.9. The zero-order chi connectivity index (χ0) is 39.6. The molecule has 0 aromatic heterocycles. The number of anilines is 2. The smallest absolute Gasteiger partial charge is 0.271 e. The van der Waals surface area contributed by atoms with Crippen LogP contribution in [0.1, 0.15) is 36.8 Å². The number of fused-ring (bicyclic) bond motifs is 4. The number of nitro groups is 1. The number of nitro benzene ring substituents is 1. The monoisotopic (exact) mass is 796 g/mol. The molecule has 4 aliphatic rings. The predicted molar refractivity (Wildman–Crippen MR) is 205 cm³/mol. The number of nitrogens with zero attached hydrogens (tertiary/aromatic N) is 3. The quantitative estimate of drug-likeness (QED) is 0.0765. The number of non-ortho nitro benzene ring substituents is 1. The maximum absolute atomic E-state index is 15.5. The largest absolute Gasteiger partial charge is 0.504 e. The number of rotatable bonds is 9. The Morgan fingerprint density at radius 3 is 2.39 bits per heavy atom. The van der Waals surface area contributed by atoms with Crippen LogP contribution in [0.3, 0.4) is 0 Å². The maximum atomic E-state index is 15.5. The van der Waals surface area contributed by atoms with Crippen LogP contribution in [-0.2, 0) is 24.6 Å². The summed E-state index contributed by atoms with van der Waals surface area (Å²) in [4.78, 5) is 71.2. The number of carbonyl (C=O) groups excluding carboxylic acids is 4. The van der Waals surface area contributed by atoms with Gasteiger partial charge in [-0.2, -0.15) is 5.01 Å². The molecule has 286 valence electrons. The van der Waals surface area contributed by atoms with E-state index in [9.17, 15) is 29.6 Å². The number of allylic oxidation sites excluding steroid dienone is 2. The van der Waals surface area contributed by atoms with Crippen molar-refractivity contribution in [2.24, 2.45) is 23.7 Å². The standard InChI is InChI=1S/C41H34Cl2N4O9/c1-3-56-33-9-5-8-28(36(33)48)35-26-15-16-27-34(39(51)45(37(27)49)23-6-4-7-24(19-23)47(53)54)29(26)20-30-38(50)46(44-32-17-12-22(42)18-31(32)43)40(52)41(30,35)21-10-13-25(55-2)14-11-21/h4-15,17-19,27,29-30,34-35,44,48H,3,16,20H2,1-2H3/t27-,29+,30-,34-,35+,41+/m0/s1. The lowest BCUT2D eigenvalue weighted by Crippen LogP contribution is -2.53. The van der Waals surface area contributed by atoms with Gasteiger partial charge in [0.15, 0.2) is 11.5 Å². The van der Waals surface area contributed by atoms with Crippen LogP contribution >= 0.6 is 23.2 Å². The molecule has 13 nitrogen and oxygen atoms in total. The Kier molecular flexibility index (Phi) is 9.24. The summed E-state index contributed by atoms with van der Waals surface area (Å²) in [6, 6.07) is 21.7. The molecular weight excluding hydrogens is 763 g/mol. The summed E-state index contributed by atoms with van der Waals surface area (Å²) in [7, 11) is 1.51. The average Bonchev–Trinajstić information content (AvgIpc) is 3.57. The fraction of sp³-hybridized carbons (Fsp3) is 0.268. The Labute approximate surface area is 330 Å². The normalized spacial score (nSPS) is 25.4. The van der Waals surface area contributed by atoms with Gasteiger partial charge in [-0.3, -0.25) is 34.7 Å². The lowest BCUT2D eigenvalue weighted by molar-refractivity contribution is -0.384. The first kappa shape index (κ1) is 37.0. The Bertz CT molecular complexity index is 2370. The van der Waals surface area contributed by atoms with Crippen molar-refractivity contribution in [3.05, 3.63) is 128 Å². The molecule has 0 spiro atoms. The zero-order valence-corrected chi connectivity index (χ0v) is 31.5. The van der Waals surface area contributed by atoms with E-state index in [0.29, 0.717) is 21.9 Å². The van der Waals surface area contributed by atoms with Crippen molar-refractivity contribution in [2.75, 3.05) is 24.0 Å². The molecule has 2 N–H and O–H groups in total. The Morgan fingerprint density at radius 2 is 1.70 bits per heavy atom. The van der Waals surface area contributed by atoms with Crippen molar-refractivity contribution >= 4 is 63.9 Å². The molecule has 56 heavy (non-hydrogen) atoms. The van der Waals surface area contributed by atoms with Gasteiger partial charge in [0.2, 0.25) is 11.8 Å². The molecule has 1 saturated carbocycles. The molecular formula is C41H34Cl2N4O9. The van der Waals surface area contributed by atoms with Gasteiger partial charge in [0.1, 0.15) is 5.75 Å². The second-order valence-corrected chi connectivity index (χ2v) is 15.0. The number of phenols is 1. The van der Waals surface area contributed by atoms with E-state index in [1.807, 2.05) is 6.08 Å². The number of hydrogen-bond acceptors (Lipinski definition) is 10. The summed E-state index contributed by atoms with van der Waals surface area (Å²) in [5.41, 5.74) is 2.58. The number of aromatic hydroxyl groups is 1. The number of nitrogens with one attached hydrogen (secondary N) is 1. The number of benzene rings is 4. The van der Waals surface area contributed by atoms with E-state index in [4.69, 9.17) is 32.7 Å². The Balaban J connectivity index is 1.34. The second kappa shape index (κ2) is 14.0. The third-order valence-corrected chi connectivity index (χ3v) is 12.1. The van der Waals surface area contributed by atoms with Crippen molar-refractivity contribution in [1.82, 2.24) is 5.01 Å². The number of imide groups is 2. The fourth-order valence-electron chi connectivity index (χ4n) is 9.23. The topological polar surface area (TPSA) is 169 Å². The second-order valence-electron chi connectivity index (χ2n) is 14.1. The van der Waals surface area contributed by atoms with Crippen LogP contribution in [-0.4, -0.2) is 52.4 Å². The molecule has 2 heterocycles. The lowest BCUT2D eigenvalue weighted by atomic mass is 9.49. The van der Waals surface area contributed by atoms with Crippen LogP contribution in [0.5, 0.6) is 17.2 Å². The maximum Gasteiger partial charge on any atom is 0.271 e. The van der Waals surface area contributed by atoms with Gasteiger partial charge >= 0.3 is 0 Å². The molecule has 4 amide bonds. The van der Waals surface area contributed by atoms with E-state index in [0.717, 1.165) is 9.91 Å². The number of ether oxygens (including phenoxy) is 2. The van der Waals surface area contributed by atoms with Gasteiger partial charge in [-0.15, -0.1) is 0 Å². The van der Waals surface area contributed by atoms with Crippen LogP contribution in [0.25, 0.3) is 0 Å². The number of phenolic OH excluding ortho intramolecular Hbond substituents is 1. The van der Waals surface area contributed by atoms with Crippen molar-refractivity contribution in [1.29, 1.82) is 0 Å². The van der Waals surface area contributed by atoms with E-state index < -0.39 is 63.6 Å². The number of para-hydroxylation sites is 1.